The van der Waals surface area contributed by atoms with Gasteiger partial charge in [-0.25, -0.2) is 0 Å². The smallest absolute Gasteiger partial charge is 0.251 e. The Labute approximate surface area is 120 Å². The number of carbonyl (C=O) groups excluding carboxylic acids is 1. The van der Waals surface area contributed by atoms with Crippen LogP contribution in [0, 0.1) is 18.8 Å². The van der Waals surface area contributed by atoms with Gasteiger partial charge in [0.05, 0.1) is 0 Å². The number of carbonyl (C=O) groups is 1. The Hall–Kier alpha value is -1.79. The average Bonchev–Trinajstić information content (AvgIpc) is 2.47. The third-order valence-corrected chi connectivity index (χ3v) is 3.73. The van der Waals surface area contributed by atoms with Crippen molar-refractivity contribution in [1.82, 2.24) is 5.32 Å². The molecule has 1 aromatic carbocycles. The first kappa shape index (κ1) is 14.6. The molecule has 20 heavy (non-hydrogen) atoms. The zero-order valence-corrected chi connectivity index (χ0v) is 11.9. The predicted octanol–water partition coefficient (Wildman–Crippen LogP) is 2.40. The van der Waals surface area contributed by atoms with Crippen LogP contribution in [0.15, 0.2) is 18.2 Å². The molecule has 2 N–H and O–H groups in total. The van der Waals surface area contributed by atoms with Gasteiger partial charge in [-0.2, -0.15) is 0 Å². The number of nitrogens with one attached hydrogen (secondary N) is 1. The van der Waals surface area contributed by atoms with Crippen molar-refractivity contribution in [2.24, 2.45) is 0 Å². The molecule has 2 rings (SSSR count). The van der Waals surface area contributed by atoms with E-state index in [1.165, 1.54) is 19.3 Å². The zero-order chi connectivity index (χ0) is 14.4. The molecule has 1 aromatic rings. The van der Waals surface area contributed by atoms with E-state index in [0.29, 0.717) is 11.6 Å². The first-order valence-corrected chi connectivity index (χ1v) is 7.22. The van der Waals surface area contributed by atoms with Crippen LogP contribution in [0.25, 0.3) is 0 Å². The second-order valence-electron chi connectivity index (χ2n) is 5.30. The standard InChI is InChI=1S/C17H21NO2/c1-13-12-15(10-9-14(13)6-5-11-19)17(20)18-16-7-3-2-4-8-16/h9-10,12,16,19H,2-4,7-8,11H2,1H3,(H,18,20). The Balaban J connectivity index is 2.04. The Bertz CT molecular complexity index is 534. The topological polar surface area (TPSA) is 49.3 Å². The van der Waals surface area contributed by atoms with Crippen molar-refractivity contribution in [1.29, 1.82) is 0 Å². The quantitative estimate of drug-likeness (QED) is 0.812. The van der Waals surface area contributed by atoms with Crippen molar-refractivity contribution in [3.8, 4) is 11.8 Å². The molecule has 0 spiro atoms. The van der Waals surface area contributed by atoms with Gasteiger partial charge >= 0.3 is 0 Å². The maximum Gasteiger partial charge on any atom is 0.251 e. The normalized spacial score (nSPS) is 15.3. The van der Waals surface area contributed by atoms with Gasteiger partial charge in [0.15, 0.2) is 0 Å². The Kier molecular flexibility index (Phi) is 5.20. The summed E-state index contributed by atoms with van der Waals surface area (Å²) < 4.78 is 0. The second-order valence-corrected chi connectivity index (χ2v) is 5.30. The molecule has 1 saturated carbocycles. The Morgan fingerprint density at radius 1 is 1.35 bits per heavy atom. The van der Waals surface area contributed by atoms with E-state index in [0.717, 1.165) is 24.0 Å². The minimum atomic E-state index is -0.149. The Morgan fingerprint density at radius 3 is 2.75 bits per heavy atom. The van der Waals surface area contributed by atoms with E-state index in [2.05, 4.69) is 17.2 Å². The first-order valence-electron chi connectivity index (χ1n) is 7.22. The molecule has 0 radical (unpaired) electrons. The third-order valence-electron chi connectivity index (χ3n) is 3.73. The zero-order valence-electron chi connectivity index (χ0n) is 11.9. The molecule has 0 heterocycles. The fourth-order valence-electron chi connectivity index (χ4n) is 2.60. The molecular weight excluding hydrogens is 250 g/mol. The summed E-state index contributed by atoms with van der Waals surface area (Å²) in [5.41, 5.74) is 2.50. The molecule has 0 atom stereocenters. The summed E-state index contributed by atoms with van der Waals surface area (Å²) in [4.78, 5) is 12.2. The van der Waals surface area contributed by atoms with Crippen LogP contribution < -0.4 is 5.32 Å². The van der Waals surface area contributed by atoms with E-state index >= 15 is 0 Å². The molecule has 0 unspecified atom stereocenters. The lowest BCUT2D eigenvalue weighted by Gasteiger charge is -2.22. The molecule has 1 aliphatic carbocycles. The number of hydrogen-bond donors (Lipinski definition) is 2. The lowest BCUT2D eigenvalue weighted by Crippen LogP contribution is -2.36. The van der Waals surface area contributed by atoms with E-state index in [-0.39, 0.29) is 12.5 Å². The maximum atomic E-state index is 12.2. The highest BCUT2D eigenvalue weighted by atomic mass is 16.2. The molecule has 0 aromatic heterocycles. The molecule has 1 amide bonds. The number of rotatable bonds is 2. The molecule has 106 valence electrons. The lowest BCUT2D eigenvalue weighted by molar-refractivity contribution is 0.0927. The number of amides is 1. The van der Waals surface area contributed by atoms with Crippen molar-refractivity contribution in [3.63, 3.8) is 0 Å². The highest BCUT2D eigenvalue weighted by Gasteiger charge is 2.16. The van der Waals surface area contributed by atoms with Crippen LogP contribution in [0.1, 0.15) is 53.6 Å². The van der Waals surface area contributed by atoms with E-state index in [9.17, 15) is 4.79 Å². The van der Waals surface area contributed by atoms with Crippen molar-refractivity contribution < 1.29 is 9.90 Å². The number of benzene rings is 1. The first-order chi connectivity index (χ1) is 9.70. The molecule has 1 aliphatic rings. The minimum absolute atomic E-state index is 0.00154. The fraction of sp³-hybridized carbons (Fsp3) is 0.471. The summed E-state index contributed by atoms with van der Waals surface area (Å²) in [6.45, 7) is 1.78. The molecule has 1 fully saturated rings. The summed E-state index contributed by atoms with van der Waals surface area (Å²) in [7, 11) is 0. The molecule has 3 heteroatoms. The summed E-state index contributed by atoms with van der Waals surface area (Å²) in [6, 6.07) is 5.82. The van der Waals surface area contributed by atoms with Crippen molar-refractivity contribution in [2.45, 2.75) is 45.1 Å². The number of aliphatic hydroxyl groups excluding tert-OH is 1. The summed E-state index contributed by atoms with van der Waals surface area (Å²) in [5.74, 6) is 5.50. The number of hydrogen-bond acceptors (Lipinski definition) is 2. The van der Waals surface area contributed by atoms with Gasteiger partial charge in [-0.1, -0.05) is 31.1 Å². The van der Waals surface area contributed by atoms with Gasteiger partial charge in [0, 0.05) is 17.2 Å². The fourth-order valence-corrected chi connectivity index (χ4v) is 2.60. The van der Waals surface area contributed by atoms with Gasteiger partial charge in [-0.15, -0.1) is 0 Å². The number of aryl methyl sites for hydroxylation is 1. The Morgan fingerprint density at radius 2 is 2.10 bits per heavy atom. The highest BCUT2D eigenvalue weighted by Crippen LogP contribution is 2.18. The van der Waals surface area contributed by atoms with E-state index in [1.54, 1.807) is 6.07 Å². The largest absolute Gasteiger partial charge is 0.384 e. The van der Waals surface area contributed by atoms with Gasteiger partial charge in [-0.3, -0.25) is 4.79 Å². The lowest BCUT2D eigenvalue weighted by atomic mass is 9.95. The monoisotopic (exact) mass is 271 g/mol. The SMILES string of the molecule is Cc1cc(C(=O)NC2CCCCC2)ccc1C#CCO. The van der Waals surface area contributed by atoms with Gasteiger partial charge in [0.2, 0.25) is 0 Å². The van der Waals surface area contributed by atoms with E-state index < -0.39 is 0 Å². The van der Waals surface area contributed by atoms with Crippen LogP contribution in [-0.2, 0) is 0 Å². The minimum Gasteiger partial charge on any atom is -0.384 e. The molecule has 0 bridgehead atoms. The van der Waals surface area contributed by atoms with Crippen molar-refractivity contribution in [3.05, 3.63) is 34.9 Å². The summed E-state index contributed by atoms with van der Waals surface area (Å²) >= 11 is 0. The van der Waals surface area contributed by atoms with Crippen LogP contribution in [-0.4, -0.2) is 23.7 Å². The van der Waals surface area contributed by atoms with Crippen LogP contribution in [0.3, 0.4) is 0 Å². The van der Waals surface area contributed by atoms with Crippen molar-refractivity contribution >= 4 is 5.91 Å². The molecule has 0 aliphatic heterocycles. The van der Waals surface area contributed by atoms with Crippen LogP contribution in [0.2, 0.25) is 0 Å². The van der Waals surface area contributed by atoms with Crippen LogP contribution >= 0.6 is 0 Å². The van der Waals surface area contributed by atoms with Crippen LogP contribution in [0.4, 0.5) is 0 Å². The highest BCUT2D eigenvalue weighted by molar-refractivity contribution is 5.94. The van der Waals surface area contributed by atoms with Crippen molar-refractivity contribution in [2.75, 3.05) is 6.61 Å². The second kappa shape index (κ2) is 7.12. The van der Waals surface area contributed by atoms with Gasteiger partial charge in [0.25, 0.3) is 5.91 Å². The molecule has 3 nitrogen and oxygen atoms in total. The number of aliphatic hydroxyl groups is 1. The molecule has 0 saturated heterocycles. The van der Waals surface area contributed by atoms with E-state index in [1.807, 2.05) is 19.1 Å². The maximum absolute atomic E-state index is 12.2. The summed E-state index contributed by atoms with van der Waals surface area (Å²) in [6.07, 6.45) is 5.87. The predicted molar refractivity (Wildman–Crippen MR) is 79.5 cm³/mol. The van der Waals surface area contributed by atoms with Gasteiger partial charge in [-0.05, 0) is 43.5 Å². The van der Waals surface area contributed by atoms with Crippen LogP contribution in [0.5, 0.6) is 0 Å². The van der Waals surface area contributed by atoms with E-state index in [4.69, 9.17) is 5.11 Å². The summed E-state index contributed by atoms with van der Waals surface area (Å²) in [5, 5.41) is 11.8. The van der Waals surface area contributed by atoms with Gasteiger partial charge < -0.3 is 10.4 Å². The van der Waals surface area contributed by atoms with Gasteiger partial charge in [0.1, 0.15) is 6.61 Å². The average molecular weight is 271 g/mol. The molecular formula is C17H21NO2. The third kappa shape index (κ3) is 3.85.